The molecule has 40 heavy (non-hydrogen) atoms. The lowest BCUT2D eigenvalue weighted by Gasteiger charge is -2.27. The fourth-order valence-corrected chi connectivity index (χ4v) is 5.43. The first-order valence-electron chi connectivity index (χ1n) is 12.6. The van der Waals surface area contributed by atoms with Crippen molar-refractivity contribution in [2.24, 2.45) is 0 Å². The van der Waals surface area contributed by atoms with Gasteiger partial charge in [-0.3, -0.25) is 4.79 Å². The summed E-state index contributed by atoms with van der Waals surface area (Å²) < 4.78 is 13.3. The Balaban J connectivity index is 1.29. The van der Waals surface area contributed by atoms with E-state index in [1.165, 1.54) is 6.33 Å². The molecular weight excluding hydrogens is 528 g/mol. The van der Waals surface area contributed by atoms with Gasteiger partial charge in [-0.05, 0) is 52.9 Å². The molecule has 3 heterocycles. The minimum absolute atomic E-state index is 0.0236. The third-order valence-corrected chi connectivity index (χ3v) is 7.58. The Morgan fingerprint density at radius 1 is 1.12 bits per heavy atom. The maximum atomic E-state index is 12.9. The number of nitrogens with zero attached hydrogens (tertiary/aromatic N) is 8. The van der Waals surface area contributed by atoms with Crippen LogP contribution in [-0.4, -0.2) is 83.3 Å². The Hall–Kier alpha value is -4.87. The van der Waals surface area contributed by atoms with Crippen LogP contribution in [0.2, 0.25) is 6.55 Å². The van der Waals surface area contributed by atoms with Gasteiger partial charge in [0, 0.05) is 49.7 Å². The number of carbonyl (C=O) groups excluding carboxylic acids is 1. The van der Waals surface area contributed by atoms with Crippen LogP contribution in [0.5, 0.6) is 11.5 Å². The number of anilines is 2. The van der Waals surface area contributed by atoms with Crippen LogP contribution in [0.3, 0.4) is 0 Å². The molecule has 1 aliphatic heterocycles. The van der Waals surface area contributed by atoms with Crippen molar-refractivity contribution in [1.82, 2.24) is 40.4 Å². The molecule has 0 spiro atoms. The fourth-order valence-electron chi connectivity index (χ4n) is 4.22. The number of aromatic nitrogens is 6. The minimum Gasteiger partial charge on any atom is -0.539 e. The van der Waals surface area contributed by atoms with Gasteiger partial charge in [0.25, 0.3) is 14.9 Å². The third-order valence-electron chi connectivity index (χ3n) is 6.25. The number of hydrogen-bond donors (Lipinski definition) is 2. The topological polar surface area (TPSA) is 156 Å². The summed E-state index contributed by atoms with van der Waals surface area (Å²) in [4.78, 5) is 23.6. The van der Waals surface area contributed by atoms with Gasteiger partial charge < -0.3 is 24.7 Å². The third kappa shape index (κ3) is 6.22. The summed E-state index contributed by atoms with van der Waals surface area (Å²) in [5.41, 5.74) is 3.21. The number of nitriles is 1. The lowest BCUT2D eigenvalue weighted by Crippen LogP contribution is -2.46. The molecule has 1 radical (unpaired) electrons. The SMILES string of the molecule is COc1cc(C(=O)N2CCNCC2)ccc1Nc1ncc(-c2ccc(C#N)c(O[Si](C)Cn3cnnn3)c2)cn1. The number of nitrogens with one attached hydrogen (secondary N) is 2. The number of piperazine rings is 1. The summed E-state index contributed by atoms with van der Waals surface area (Å²) in [6.07, 6.45) is 5.44. The number of carbonyl (C=O) groups is 1. The molecule has 0 atom stereocenters. The normalized spacial score (nSPS) is 13.1. The molecule has 203 valence electrons. The van der Waals surface area contributed by atoms with Crippen molar-refractivity contribution < 1.29 is 14.0 Å². The van der Waals surface area contributed by atoms with Crippen LogP contribution in [0, 0.1) is 11.3 Å². The molecule has 5 rings (SSSR count). The number of tetrazole rings is 1. The van der Waals surface area contributed by atoms with Crippen molar-refractivity contribution in [1.29, 1.82) is 5.26 Å². The molecule has 4 aromatic rings. The van der Waals surface area contributed by atoms with Gasteiger partial charge in [0.15, 0.2) is 0 Å². The average Bonchev–Trinajstić information content (AvgIpc) is 3.50. The summed E-state index contributed by atoms with van der Waals surface area (Å²) in [6.45, 7) is 4.90. The van der Waals surface area contributed by atoms with E-state index < -0.39 is 9.04 Å². The van der Waals surface area contributed by atoms with Gasteiger partial charge in [0.1, 0.15) is 23.9 Å². The smallest absolute Gasteiger partial charge is 0.300 e. The first-order valence-corrected chi connectivity index (χ1v) is 14.7. The standard InChI is InChI=1S/C26H27N10O3Si/c1-38-24-12-19(25(37)35-9-7-28-8-10-35)5-6-22(24)32-26-29-14-21(15-30-26)18-3-4-20(13-27)23(11-18)39-40(2)17-36-16-31-33-34-36/h3-6,11-12,14-16,28H,7-10,17H2,1-2H3,(H,29,30,32). The van der Waals surface area contributed by atoms with Crippen LogP contribution < -0.4 is 19.8 Å². The predicted octanol–water partition coefficient (Wildman–Crippen LogP) is 2.04. The zero-order chi connectivity index (χ0) is 27.9. The number of amides is 1. The van der Waals surface area contributed by atoms with Crippen molar-refractivity contribution in [3.8, 4) is 28.7 Å². The lowest BCUT2D eigenvalue weighted by molar-refractivity contribution is 0.0735. The molecule has 13 nitrogen and oxygen atoms in total. The number of methoxy groups -OCH3 is 1. The summed E-state index contributed by atoms with van der Waals surface area (Å²) >= 11 is 0. The Morgan fingerprint density at radius 3 is 2.62 bits per heavy atom. The van der Waals surface area contributed by atoms with E-state index in [0.29, 0.717) is 53.5 Å². The van der Waals surface area contributed by atoms with Crippen molar-refractivity contribution in [3.05, 3.63) is 66.2 Å². The van der Waals surface area contributed by atoms with E-state index in [-0.39, 0.29) is 5.91 Å². The molecule has 2 aromatic carbocycles. The van der Waals surface area contributed by atoms with E-state index in [1.807, 2.05) is 23.6 Å². The second-order valence-electron chi connectivity index (χ2n) is 9.01. The molecule has 1 saturated heterocycles. The van der Waals surface area contributed by atoms with E-state index in [0.717, 1.165) is 24.2 Å². The minimum atomic E-state index is -1.37. The van der Waals surface area contributed by atoms with Crippen LogP contribution in [0.15, 0.2) is 55.1 Å². The lowest BCUT2D eigenvalue weighted by atomic mass is 10.1. The summed E-state index contributed by atoms with van der Waals surface area (Å²) in [5.74, 6) is 1.35. The van der Waals surface area contributed by atoms with Gasteiger partial charge in [-0.15, -0.1) is 5.10 Å². The van der Waals surface area contributed by atoms with E-state index in [1.54, 1.807) is 48.5 Å². The molecular formula is C26H27N10O3Si. The van der Waals surface area contributed by atoms with Crippen molar-refractivity contribution >= 4 is 26.6 Å². The van der Waals surface area contributed by atoms with E-state index >= 15 is 0 Å². The van der Waals surface area contributed by atoms with E-state index in [9.17, 15) is 10.1 Å². The predicted molar refractivity (Wildman–Crippen MR) is 147 cm³/mol. The van der Waals surface area contributed by atoms with Crippen LogP contribution in [0.25, 0.3) is 11.1 Å². The molecule has 14 heteroatoms. The van der Waals surface area contributed by atoms with E-state index in [2.05, 4.69) is 42.2 Å². The second-order valence-corrected chi connectivity index (χ2v) is 10.9. The molecule has 1 aliphatic rings. The number of benzene rings is 2. The van der Waals surface area contributed by atoms with Gasteiger partial charge in [0.05, 0.1) is 24.5 Å². The zero-order valence-electron chi connectivity index (χ0n) is 22.0. The molecule has 0 bridgehead atoms. The highest BCUT2D eigenvalue weighted by atomic mass is 28.3. The first kappa shape index (κ1) is 26.7. The van der Waals surface area contributed by atoms with Crippen LogP contribution >= 0.6 is 0 Å². The van der Waals surface area contributed by atoms with Gasteiger partial charge in [-0.25, -0.2) is 14.6 Å². The van der Waals surface area contributed by atoms with Crippen LogP contribution in [-0.2, 0) is 6.17 Å². The van der Waals surface area contributed by atoms with Gasteiger partial charge in [-0.2, -0.15) is 5.26 Å². The molecule has 0 saturated carbocycles. The highest BCUT2D eigenvalue weighted by Gasteiger charge is 2.20. The average molecular weight is 556 g/mol. The molecule has 2 N–H and O–H groups in total. The zero-order valence-corrected chi connectivity index (χ0v) is 23.0. The van der Waals surface area contributed by atoms with Gasteiger partial charge in [-0.1, -0.05) is 6.07 Å². The quantitative estimate of drug-likeness (QED) is 0.291. The Labute approximate surface area is 232 Å². The molecule has 1 amide bonds. The maximum absolute atomic E-state index is 12.9. The maximum Gasteiger partial charge on any atom is 0.300 e. The monoisotopic (exact) mass is 555 g/mol. The van der Waals surface area contributed by atoms with Crippen LogP contribution in [0.4, 0.5) is 11.6 Å². The highest BCUT2D eigenvalue weighted by Crippen LogP contribution is 2.30. The van der Waals surface area contributed by atoms with Crippen molar-refractivity contribution in [2.45, 2.75) is 12.7 Å². The number of hydrogen-bond acceptors (Lipinski definition) is 11. The van der Waals surface area contributed by atoms with E-state index in [4.69, 9.17) is 9.16 Å². The Bertz CT molecular complexity index is 1500. The second kappa shape index (κ2) is 12.3. The molecule has 0 unspecified atom stereocenters. The molecule has 2 aromatic heterocycles. The number of ether oxygens (including phenoxy) is 1. The summed E-state index contributed by atoms with van der Waals surface area (Å²) in [7, 11) is 0.189. The molecule has 1 fully saturated rings. The Morgan fingerprint density at radius 2 is 1.93 bits per heavy atom. The van der Waals surface area contributed by atoms with Crippen LogP contribution in [0.1, 0.15) is 15.9 Å². The summed E-state index contributed by atoms with van der Waals surface area (Å²) in [5, 5.41) is 27.1. The number of rotatable bonds is 9. The highest BCUT2D eigenvalue weighted by molar-refractivity contribution is 6.49. The largest absolute Gasteiger partial charge is 0.539 e. The Kier molecular flexibility index (Phi) is 8.23. The van der Waals surface area contributed by atoms with Crippen molar-refractivity contribution in [2.75, 3.05) is 38.6 Å². The molecule has 0 aliphatic carbocycles. The summed E-state index contributed by atoms with van der Waals surface area (Å²) in [6, 6.07) is 12.8. The van der Waals surface area contributed by atoms with Crippen molar-refractivity contribution in [3.63, 3.8) is 0 Å². The van der Waals surface area contributed by atoms with Gasteiger partial charge >= 0.3 is 0 Å². The first-order chi connectivity index (χ1) is 19.5. The van der Waals surface area contributed by atoms with Gasteiger partial charge in [0.2, 0.25) is 5.95 Å². The fraction of sp³-hybridized carbons (Fsp3) is 0.269.